The van der Waals surface area contributed by atoms with Crippen molar-refractivity contribution in [3.05, 3.63) is 0 Å². The summed E-state index contributed by atoms with van der Waals surface area (Å²) in [5.41, 5.74) is 0. The van der Waals surface area contributed by atoms with Crippen molar-refractivity contribution < 1.29 is 9.53 Å². The number of likely N-dealkylation sites (N-methyl/N-ethyl adjacent to an activating group) is 1. The van der Waals surface area contributed by atoms with E-state index in [2.05, 4.69) is 6.07 Å². The van der Waals surface area contributed by atoms with E-state index in [1.165, 1.54) is 0 Å². The van der Waals surface area contributed by atoms with Crippen molar-refractivity contribution in [3.63, 3.8) is 0 Å². The van der Waals surface area contributed by atoms with Crippen LogP contribution in [0.25, 0.3) is 0 Å². The van der Waals surface area contributed by atoms with Gasteiger partial charge in [0.2, 0.25) is 0 Å². The van der Waals surface area contributed by atoms with Crippen LogP contribution in [-0.2, 0) is 4.74 Å². The molecule has 2 heterocycles. The van der Waals surface area contributed by atoms with E-state index in [4.69, 9.17) is 10.00 Å². The van der Waals surface area contributed by atoms with Crippen LogP contribution in [0.2, 0.25) is 0 Å². The number of nitrogens with zero attached hydrogens (tertiary/aromatic N) is 3. The molecule has 2 saturated heterocycles. The van der Waals surface area contributed by atoms with E-state index in [-0.39, 0.29) is 6.03 Å². The third kappa shape index (κ3) is 2.52. The lowest BCUT2D eigenvalue weighted by atomic mass is 9.91. The lowest BCUT2D eigenvalue weighted by Gasteiger charge is -2.30. The largest absolute Gasteiger partial charge is 0.381 e. The third-order valence-electron chi connectivity index (χ3n) is 3.78. The first kappa shape index (κ1) is 12.2. The molecule has 0 aromatic heterocycles. The molecule has 0 bridgehead atoms. The first-order valence-electron chi connectivity index (χ1n) is 6.20. The molecule has 2 rings (SSSR count). The van der Waals surface area contributed by atoms with Crippen LogP contribution in [0.5, 0.6) is 0 Å². The molecular weight excluding hydrogens is 218 g/mol. The quantitative estimate of drug-likeness (QED) is 0.737. The fourth-order valence-electron chi connectivity index (χ4n) is 2.73. The van der Waals surface area contributed by atoms with Crippen molar-refractivity contribution in [2.45, 2.75) is 25.3 Å². The molecule has 0 radical (unpaired) electrons. The van der Waals surface area contributed by atoms with Gasteiger partial charge in [0.25, 0.3) is 0 Å². The zero-order valence-electron chi connectivity index (χ0n) is 10.3. The summed E-state index contributed by atoms with van der Waals surface area (Å²) in [6.45, 7) is 2.93. The zero-order valence-corrected chi connectivity index (χ0v) is 10.3. The average Bonchev–Trinajstić information content (AvgIpc) is 2.65. The monoisotopic (exact) mass is 237 g/mol. The van der Waals surface area contributed by atoms with E-state index in [0.29, 0.717) is 24.9 Å². The normalized spacial score (nSPS) is 26.4. The number of urea groups is 1. The predicted molar refractivity (Wildman–Crippen MR) is 62.3 cm³/mol. The fraction of sp³-hybridized carbons (Fsp3) is 0.833. The van der Waals surface area contributed by atoms with Gasteiger partial charge in [0, 0.05) is 33.4 Å². The molecule has 0 N–H and O–H groups in total. The number of rotatable bonds is 3. The summed E-state index contributed by atoms with van der Waals surface area (Å²) in [6.07, 6.45) is 2.49. The molecule has 1 unspecified atom stereocenters. The SMILES string of the molecule is CN1C(=O)N(CCC#N)CC1C1CCOCC1. The van der Waals surface area contributed by atoms with Crippen molar-refractivity contribution in [3.8, 4) is 6.07 Å². The average molecular weight is 237 g/mol. The van der Waals surface area contributed by atoms with Crippen LogP contribution in [0.1, 0.15) is 19.3 Å². The van der Waals surface area contributed by atoms with E-state index in [0.717, 1.165) is 32.6 Å². The van der Waals surface area contributed by atoms with Crippen molar-refractivity contribution >= 4 is 6.03 Å². The third-order valence-corrected chi connectivity index (χ3v) is 3.78. The minimum Gasteiger partial charge on any atom is -0.381 e. The lowest BCUT2D eigenvalue weighted by molar-refractivity contribution is 0.0452. The molecule has 0 aromatic rings. The summed E-state index contributed by atoms with van der Waals surface area (Å²) in [6, 6.07) is 2.45. The highest BCUT2D eigenvalue weighted by Gasteiger charge is 2.39. The summed E-state index contributed by atoms with van der Waals surface area (Å²) >= 11 is 0. The minimum atomic E-state index is 0.0664. The van der Waals surface area contributed by atoms with Crippen LogP contribution in [0, 0.1) is 17.2 Å². The van der Waals surface area contributed by atoms with Crippen molar-refractivity contribution in [2.24, 2.45) is 5.92 Å². The van der Waals surface area contributed by atoms with Gasteiger partial charge in [-0.25, -0.2) is 4.79 Å². The van der Waals surface area contributed by atoms with Gasteiger partial charge in [0.15, 0.2) is 0 Å². The number of carbonyl (C=O) groups is 1. The van der Waals surface area contributed by atoms with Crippen molar-refractivity contribution in [1.29, 1.82) is 5.26 Å². The van der Waals surface area contributed by atoms with Crippen molar-refractivity contribution in [1.82, 2.24) is 9.80 Å². The van der Waals surface area contributed by atoms with E-state index in [1.54, 1.807) is 4.90 Å². The summed E-state index contributed by atoms with van der Waals surface area (Å²) in [5, 5.41) is 8.58. The van der Waals surface area contributed by atoms with Crippen LogP contribution in [0.3, 0.4) is 0 Å². The van der Waals surface area contributed by atoms with Gasteiger partial charge in [0.1, 0.15) is 0 Å². The van der Waals surface area contributed by atoms with E-state index in [9.17, 15) is 4.79 Å². The van der Waals surface area contributed by atoms with E-state index < -0.39 is 0 Å². The number of carbonyl (C=O) groups excluding carboxylic acids is 1. The Morgan fingerprint density at radius 2 is 2.18 bits per heavy atom. The minimum absolute atomic E-state index is 0.0664. The van der Waals surface area contributed by atoms with Crippen LogP contribution >= 0.6 is 0 Å². The van der Waals surface area contributed by atoms with E-state index in [1.807, 2.05) is 11.9 Å². The second-order valence-corrected chi connectivity index (χ2v) is 4.76. The molecule has 2 amide bonds. The van der Waals surface area contributed by atoms with Gasteiger partial charge >= 0.3 is 6.03 Å². The molecule has 2 aliphatic heterocycles. The molecule has 94 valence electrons. The predicted octanol–water partition coefficient (Wildman–Crippen LogP) is 1.06. The maximum atomic E-state index is 12.0. The molecule has 0 spiro atoms. The Morgan fingerprint density at radius 3 is 2.82 bits per heavy atom. The Labute approximate surface area is 102 Å². The molecule has 17 heavy (non-hydrogen) atoms. The first-order chi connectivity index (χ1) is 8.24. The van der Waals surface area contributed by atoms with Gasteiger partial charge in [-0.2, -0.15) is 5.26 Å². The highest BCUT2D eigenvalue weighted by molar-refractivity contribution is 5.77. The van der Waals surface area contributed by atoms with Gasteiger partial charge in [0.05, 0.1) is 18.5 Å². The molecule has 2 fully saturated rings. The highest BCUT2D eigenvalue weighted by atomic mass is 16.5. The lowest BCUT2D eigenvalue weighted by Crippen LogP contribution is -2.38. The van der Waals surface area contributed by atoms with Gasteiger partial charge in [-0.05, 0) is 18.8 Å². The Kier molecular flexibility index (Phi) is 3.85. The Balaban J connectivity index is 1.95. The molecule has 0 saturated carbocycles. The number of ether oxygens (including phenoxy) is 1. The molecular formula is C12H19N3O2. The van der Waals surface area contributed by atoms with E-state index >= 15 is 0 Å². The summed E-state index contributed by atoms with van der Waals surface area (Å²) < 4.78 is 5.35. The molecule has 0 aliphatic carbocycles. The number of hydrogen-bond acceptors (Lipinski definition) is 3. The Hall–Kier alpha value is -1.28. The van der Waals surface area contributed by atoms with Gasteiger partial charge in [-0.3, -0.25) is 0 Å². The van der Waals surface area contributed by atoms with Crippen molar-refractivity contribution in [2.75, 3.05) is 33.4 Å². The van der Waals surface area contributed by atoms with Crippen LogP contribution < -0.4 is 0 Å². The Morgan fingerprint density at radius 1 is 1.47 bits per heavy atom. The smallest absolute Gasteiger partial charge is 0.320 e. The summed E-state index contributed by atoms with van der Waals surface area (Å²) in [7, 11) is 1.87. The van der Waals surface area contributed by atoms with Gasteiger partial charge in [-0.15, -0.1) is 0 Å². The van der Waals surface area contributed by atoms with Crippen LogP contribution in [0.15, 0.2) is 0 Å². The second-order valence-electron chi connectivity index (χ2n) is 4.76. The Bertz CT molecular complexity index is 320. The molecule has 0 aromatic carbocycles. The van der Waals surface area contributed by atoms with Gasteiger partial charge < -0.3 is 14.5 Å². The number of hydrogen-bond donors (Lipinski definition) is 0. The van der Waals surface area contributed by atoms with Gasteiger partial charge in [-0.1, -0.05) is 0 Å². The first-order valence-corrected chi connectivity index (χ1v) is 6.20. The molecule has 5 nitrogen and oxygen atoms in total. The topological polar surface area (TPSA) is 56.6 Å². The molecule has 2 aliphatic rings. The second kappa shape index (κ2) is 5.37. The molecule has 1 atom stereocenters. The highest BCUT2D eigenvalue weighted by Crippen LogP contribution is 2.27. The van der Waals surface area contributed by atoms with Crippen LogP contribution in [0.4, 0.5) is 4.79 Å². The molecule has 5 heteroatoms. The zero-order chi connectivity index (χ0) is 12.3. The number of nitriles is 1. The maximum Gasteiger partial charge on any atom is 0.320 e. The standard InChI is InChI=1S/C12H19N3O2/c1-14-11(10-3-7-17-8-4-10)9-15(12(14)16)6-2-5-13/h10-11H,2-4,6-9H2,1H3. The number of amides is 2. The summed E-state index contributed by atoms with van der Waals surface area (Å²) in [4.78, 5) is 15.6. The maximum absolute atomic E-state index is 12.0. The van der Waals surface area contributed by atoms with Crippen LogP contribution in [-0.4, -0.2) is 55.2 Å². The summed E-state index contributed by atoms with van der Waals surface area (Å²) in [5.74, 6) is 0.546. The fourth-order valence-corrected chi connectivity index (χ4v) is 2.73.